The van der Waals surface area contributed by atoms with Gasteiger partial charge in [0.15, 0.2) is 11.0 Å². The standard InChI is InChI=1S/C46H32ClN7/c47-43-31-32-44(49-48-43)54-50-45-41(33-21-25-39(26-22-33)52(35-13-5-1-6-14-35)36-15-7-2-8-16-36)29-30-42(46(45)51-54)34-23-27-40(28-24-34)53(37-17-9-3-10-18-37)38-19-11-4-12-20-38/h1-32H. The van der Waals surface area contributed by atoms with E-state index in [9.17, 15) is 0 Å². The van der Waals surface area contributed by atoms with Crippen LogP contribution in [0, 0.1) is 0 Å². The zero-order valence-corrected chi connectivity index (χ0v) is 29.7. The summed E-state index contributed by atoms with van der Waals surface area (Å²) >= 11 is 6.08. The summed E-state index contributed by atoms with van der Waals surface area (Å²) in [7, 11) is 0. The van der Waals surface area contributed by atoms with E-state index in [0.717, 1.165) is 67.4 Å². The van der Waals surface area contributed by atoms with Gasteiger partial charge in [-0.1, -0.05) is 121 Å². The van der Waals surface area contributed by atoms with Crippen molar-refractivity contribution in [1.82, 2.24) is 25.2 Å². The summed E-state index contributed by atoms with van der Waals surface area (Å²) in [5.41, 5.74) is 11.9. The number of hydrogen-bond acceptors (Lipinski definition) is 6. The highest BCUT2D eigenvalue weighted by atomic mass is 35.5. The molecule has 7 nitrogen and oxygen atoms in total. The number of benzene rings is 7. The first-order valence-electron chi connectivity index (χ1n) is 17.6. The first-order valence-corrected chi connectivity index (χ1v) is 18.0. The molecule has 0 aliphatic rings. The molecule has 7 aromatic carbocycles. The molecule has 0 N–H and O–H groups in total. The minimum absolute atomic E-state index is 0.303. The molecular formula is C46H32ClN7. The number of aromatic nitrogens is 5. The average Bonchev–Trinajstić information content (AvgIpc) is 3.69. The fraction of sp³-hybridized carbons (Fsp3) is 0. The molecule has 8 heteroatoms. The molecule has 0 amide bonds. The van der Waals surface area contributed by atoms with Crippen molar-refractivity contribution in [2.24, 2.45) is 0 Å². The first-order chi connectivity index (χ1) is 26.7. The van der Waals surface area contributed by atoms with Crippen LogP contribution in [0.5, 0.6) is 0 Å². The molecule has 0 unspecified atom stereocenters. The largest absolute Gasteiger partial charge is 0.311 e. The molecule has 0 spiro atoms. The summed E-state index contributed by atoms with van der Waals surface area (Å²) in [6.07, 6.45) is 0. The van der Waals surface area contributed by atoms with Crippen LogP contribution in [-0.4, -0.2) is 25.2 Å². The fourth-order valence-corrected chi connectivity index (χ4v) is 6.86. The molecule has 0 atom stereocenters. The Hall–Kier alpha value is -7.09. The maximum absolute atomic E-state index is 6.08. The Morgan fingerprint density at radius 1 is 0.352 bits per heavy atom. The van der Waals surface area contributed by atoms with E-state index in [2.05, 4.69) is 178 Å². The van der Waals surface area contributed by atoms with Crippen LogP contribution in [-0.2, 0) is 0 Å². The number of halogens is 1. The van der Waals surface area contributed by atoms with E-state index in [-0.39, 0.29) is 0 Å². The number of para-hydroxylation sites is 4. The summed E-state index contributed by atoms with van der Waals surface area (Å²) in [6.45, 7) is 0. The summed E-state index contributed by atoms with van der Waals surface area (Å²) in [4.78, 5) is 6.03. The van der Waals surface area contributed by atoms with Gasteiger partial charge in [-0.2, -0.15) is 0 Å². The van der Waals surface area contributed by atoms with Gasteiger partial charge in [-0.25, -0.2) is 0 Å². The summed E-state index contributed by atoms with van der Waals surface area (Å²) in [5.74, 6) is 0.473. The SMILES string of the molecule is Clc1ccc(-n2nc3c(-c4ccc(N(c5ccccc5)c5ccccc5)cc4)ccc(-c4ccc(N(c5ccccc5)c5ccccc5)cc4)c3n2)nn1. The molecule has 54 heavy (non-hydrogen) atoms. The van der Waals surface area contributed by atoms with Gasteiger partial charge < -0.3 is 9.80 Å². The molecule has 0 saturated carbocycles. The van der Waals surface area contributed by atoms with Gasteiger partial charge in [-0.15, -0.1) is 25.2 Å². The number of nitrogens with zero attached hydrogens (tertiary/aromatic N) is 7. The van der Waals surface area contributed by atoms with E-state index >= 15 is 0 Å². The molecule has 2 aromatic heterocycles. The molecule has 0 aliphatic carbocycles. The Morgan fingerprint density at radius 3 is 1.04 bits per heavy atom. The third-order valence-electron chi connectivity index (χ3n) is 9.29. The van der Waals surface area contributed by atoms with Crippen LogP contribution in [0.1, 0.15) is 0 Å². The van der Waals surface area contributed by atoms with Gasteiger partial charge in [0.1, 0.15) is 11.0 Å². The molecule has 0 aliphatic heterocycles. The van der Waals surface area contributed by atoms with Crippen molar-refractivity contribution in [2.75, 3.05) is 9.80 Å². The Labute approximate surface area is 318 Å². The second kappa shape index (κ2) is 14.5. The van der Waals surface area contributed by atoms with Crippen molar-refractivity contribution in [3.63, 3.8) is 0 Å². The van der Waals surface area contributed by atoms with E-state index in [4.69, 9.17) is 21.8 Å². The average molecular weight is 718 g/mol. The van der Waals surface area contributed by atoms with E-state index < -0.39 is 0 Å². The van der Waals surface area contributed by atoms with Crippen molar-refractivity contribution in [1.29, 1.82) is 0 Å². The van der Waals surface area contributed by atoms with Crippen LogP contribution < -0.4 is 9.80 Å². The van der Waals surface area contributed by atoms with Crippen molar-refractivity contribution in [3.8, 4) is 28.1 Å². The predicted octanol–water partition coefficient (Wildman–Crippen LogP) is 12.1. The lowest BCUT2D eigenvalue weighted by atomic mass is 9.97. The van der Waals surface area contributed by atoms with Crippen LogP contribution in [0.2, 0.25) is 5.15 Å². The van der Waals surface area contributed by atoms with Gasteiger partial charge in [0.05, 0.1) is 0 Å². The van der Waals surface area contributed by atoms with E-state index in [1.54, 1.807) is 12.1 Å². The number of hydrogen-bond donors (Lipinski definition) is 0. The highest BCUT2D eigenvalue weighted by molar-refractivity contribution is 6.29. The van der Waals surface area contributed by atoms with Gasteiger partial charge in [-0.05, 0) is 96.1 Å². The lowest BCUT2D eigenvalue weighted by Gasteiger charge is -2.25. The molecule has 0 radical (unpaired) electrons. The van der Waals surface area contributed by atoms with Crippen LogP contribution in [0.4, 0.5) is 34.1 Å². The lowest BCUT2D eigenvalue weighted by Crippen LogP contribution is -2.09. The first kappa shape index (κ1) is 32.8. The summed E-state index contributed by atoms with van der Waals surface area (Å²) in [6, 6.07) is 66.4. The minimum Gasteiger partial charge on any atom is -0.311 e. The fourth-order valence-electron chi connectivity index (χ4n) is 6.76. The Kier molecular flexibility index (Phi) is 8.81. The maximum atomic E-state index is 6.08. The monoisotopic (exact) mass is 717 g/mol. The summed E-state index contributed by atoms with van der Waals surface area (Å²) in [5, 5.41) is 18.6. The van der Waals surface area contributed by atoms with Gasteiger partial charge in [0.2, 0.25) is 0 Å². The Morgan fingerprint density at radius 2 is 0.704 bits per heavy atom. The summed E-state index contributed by atoms with van der Waals surface area (Å²) < 4.78 is 0. The lowest BCUT2D eigenvalue weighted by molar-refractivity contribution is 0.724. The molecule has 2 heterocycles. The second-order valence-corrected chi connectivity index (χ2v) is 13.1. The van der Waals surface area contributed by atoms with Crippen LogP contribution in [0.15, 0.2) is 194 Å². The molecule has 9 rings (SSSR count). The quantitative estimate of drug-likeness (QED) is 0.148. The van der Waals surface area contributed by atoms with Gasteiger partial charge >= 0.3 is 0 Å². The van der Waals surface area contributed by atoms with Gasteiger partial charge in [0, 0.05) is 45.3 Å². The van der Waals surface area contributed by atoms with E-state index in [1.807, 2.05) is 24.3 Å². The third kappa shape index (κ3) is 6.45. The highest BCUT2D eigenvalue weighted by Crippen LogP contribution is 2.40. The number of fused-ring (bicyclic) bond motifs is 1. The Bertz CT molecular complexity index is 2390. The van der Waals surface area contributed by atoms with E-state index in [1.165, 1.54) is 4.80 Å². The van der Waals surface area contributed by atoms with Gasteiger partial charge in [-0.3, -0.25) is 0 Å². The molecule has 0 bridgehead atoms. The maximum Gasteiger partial charge on any atom is 0.196 e. The molecular weight excluding hydrogens is 686 g/mol. The molecule has 258 valence electrons. The molecule has 0 saturated heterocycles. The highest BCUT2D eigenvalue weighted by Gasteiger charge is 2.19. The topological polar surface area (TPSA) is 63.0 Å². The molecule has 0 fully saturated rings. The van der Waals surface area contributed by atoms with Crippen molar-refractivity contribution < 1.29 is 0 Å². The number of rotatable bonds is 9. The third-order valence-corrected chi connectivity index (χ3v) is 9.50. The van der Waals surface area contributed by atoms with Crippen molar-refractivity contribution >= 4 is 56.8 Å². The van der Waals surface area contributed by atoms with Crippen LogP contribution in [0.3, 0.4) is 0 Å². The smallest absolute Gasteiger partial charge is 0.196 e. The predicted molar refractivity (Wildman–Crippen MR) is 220 cm³/mol. The second-order valence-electron chi connectivity index (χ2n) is 12.7. The van der Waals surface area contributed by atoms with E-state index in [0.29, 0.717) is 11.0 Å². The van der Waals surface area contributed by atoms with Gasteiger partial charge in [0.25, 0.3) is 0 Å². The van der Waals surface area contributed by atoms with Crippen molar-refractivity contribution in [3.05, 3.63) is 199 Å². The minimum atomic E-state index is 0.303. The zero-order valence-electron chi connectivity index (χ0n) is 29.0. The zero-order chi connectivity index (χ0) is 36.3. The van der Waals surface area contributed by atoms with Crippen molar-refractivity contribution in [2.45, 2.75) is 0 Å². The number of anilines is 6. The van der Waals surface area contributed by atoms with Crippen LogP contribution in [0.25, 0.3) is 39.1 Å². The van der Waals surface area contributed by atoms with Crippen LogP contribution >= 0.6 is 11.6 Å². The Balaban J connectivity index is 1.13. The molecule has 9 aromatic rings. The normalized spacial score (nSPS) is 11.1.